The number of nitrogens with zero attached hydrogens (tertiary/aromatic N) is 3. The van der Waals surface area contributed by atoms with Crippen molar-refractivity contribution in [2.24, 2.45) is 0 Å². The molecular weight excluding hydrogens is 455 g/mol. The van der Waals surface area contributed by atoms with E-state index in [1.807, 2.05) is 6.07 Å². The Hall–Kier alpha value is -2.78. The third-order valence-corrected chi connectivity index (χ3v) is 8.09. The molecule has 1 aliphatic heterocycles. The normalized spacial score (nSPS) is 14.6. The molecule has 1 aliphatic rings. The predicted octanol–water partition coefficient (Wildman–Crippen LogP) is 3.66. The minimum Gasteiger partial charge on any atom is -0.356 e. The van der Waals surface area contributed by atoms with Crippen LogP contribution in [0.25, 0.3) is 11.0 Å². The molecule has 9 heteroatoms. The largest absolute Gasteiger partial charge is 0.356 e. The van der Waals surface area contributed by atoms with Gasteiger partial charge in [0, 0.05) is 39.0 Å². The Kier molecular flexibility index (Phi) is 7.63. The molecule has 0 radical (unpaired) electrons. The number of carbonyl (C=O) groups is 1. The molecule has 1 amide bonds. The molecule has 34 heavy (non-hydrogen) atoms. The fourth-order valence-corrected chi connectivity index (χ4v) is 5.95. The topological polar surface area (TPSA) is 84.3 Å². The van der Waals surface area contributed by atoms with Gasteiger partial charge in [-0.3, -0.25) is 4.79 Å². The fourth-order valence-electron chi connectivity index (χ4n) is 4.41. The molecule has 3 aromatic rings. The summed E-state index contributed by atoms with van der Waals surface area (Å²) < 4.78 is 43.2. The number of aromatic nitrogens is 2. The van der Waals surface area contributed by atoms with Gasteiger partial charge in [-0.05, 0) is 55.5 Å². The molecule has 1 saturated heterocycles. The van der Waals surface area contributed by atoms with E-state index >= 15 is 0 Å². The lowest BCUT2D eigenvalue weighted by molar-refractivity contribution is -0.121. The maximum atomic E-state index is 13.7. The molecule has 1 fully saturated rings. The predicted molar refractivity (Wildman–Crippen MR) is 129 cm³/mol. The first-order valence-electron chi connectivity index (χ1n) is 11.9. The van der Waals surface area contributed by atoms with E-state index in [1.165, 1.54) is 10.4 Å². The minimum atomic E-state index is -3.51. The van der Waals surface area contributed by atoms with Crippen molar-refractivity contribution in [2.45, 2.75) is 56.9 Å². The van der Waals surface area contributed by atoms with Crippen molar-refractivity contribution in [3.8, 4) is 0 Å². The lowest BCUT2D eigenvalue weighted by Crippen LogP contribution is -2.27. The molecule has 4 rings (SSSR count). The van der Waals surface area contributed by atoms with Crippen LogP contribution in [0.5, 0.6) is 0 Å². The SMILES string of the molecule is CCCn1c(CCC(=O)NCCc2ccccc2F)nc2cc(S(=O)(=O)N3CCCC3)ccc21. The second-order valence-corrected chi connectivity index (χ2v) is 10.6. The van der Waals surface area contributed by atoms with E-state index in [9.17, 15) is 17.6 Å². The Labute approximate surface area is 200 Å². The summed E-state index contributed by atoms with van der Waals surface area (Å²) in [6, 6.07) is 11.7. The maximum absolute atomic E-state index is 13.7. The van der Waals surface area contributed by atoms with Gasteiger partial charge in [-0.2, -0.15) is 4.31 Å². The Bertz CT molecular complexity index is 1270. The van der Waals surface area contributed by atoms with E-state index in [4.69, 9.17) is 4.98 Å². The Morgan fingerprint density at radius 2 is 1.88 bits per heavy atom. The number of carbonyl (C=O) groups excluding carboxylic acids is 1. The van der Waals surface area contributed by atoms with Crippen LogP contribution in [0.2, 0.25) is 0 Å². The number of fused-ring (bicyclic) bond motifs is 1. The summed E-state index contributed by atoms with van der Waals surface area (Å²) in [5, 5.41) is 2.85. The third-order valence-electron chi connectivity index (χ3n) is 6.20. The van der Waals surface area contributed by atoms with Gasteiger partial charge in [0.15, 0.2) is 0 Å². The number of imidazole rings is 1. The van der Waals surface area contributed by atoms with Gasteiger partial charge in [-0.15, -0.1) is 0 Å². The number of rotatable bonds is 10. The van der Waals surface area contributed by atoms with E-state index in [0.717, 1.165) is 37.1 Å². The first-order chi connectivity index (χ1) is 16.4. The number of hydrogen-bond acceptors (Lipinski definition) is 4. The van der Waals surface area contributed by atoms with E-state index < -0.39 is 10.0 Å². The van der Waals surface area contributed by atoms with Crippen LogP contribution < -0.4 is 5.32 Å². The van der Waals surface area contributed by atoms with Gasteiger partial charge in [0.1, 0.15) is 11.6 Å². The van der Waals surface area contributed by atoms with Crippen LogP contribution in [0.4, 0.5) is 4.39 Å². The van der Waals surface area contributed by atoms with Gasteiger partial charge < -0.3 is 9.88 Å². The van der Waals surface area contributed by atoms with Crippen molar-refractivity contribution in [3.05, 3.63) is 59.7 Å². The summed E-state index contributed by atoms with van der Waals surface area (Å²) in [5.74, 6) is 0.372. The summed E-state index contributed by atoms with van der Waals surface area (Å²) >= 11 is 0. The van der Waals surface area contributed by atoms with Gasteiger partial charge in [-0.25, -0.2) is 17.8 Å². The Balaban J connectivity index is 1.44. The number of hydrogen-bond donors (Lipinski definition) is 1. The zero-order valence-corrected chi connectivity index (χ0v) is 20.3. The van der Waals surface area contributed by atoms with E-state index in [0.29, 0.717) is 43.6 Å². The van der Waals surface area contributed by atoms with E-state index in [2.05, 4.69) is 16.8 Å². The molecule has 0 atom stereocenters. The van der Waals surface area contributed by atoms with Crippen LogP contribution in [0, 0.1) is 5.82 Å². The summed E-state index contributed by atoms with van der Waals surface area (Å²) in [6.45, 7) is 4.28. The fraction of sp³-hybridized carbons (Fsp3) is 0.440. The number of sulfonamides is 1. The van der Waals surface area contributed by atoms with Gasteiger partial charge in [0.05, 0.1) is 15.9 Å². The quantitative estimate of drug-likeness (QED) is 0.474. The van der Waals surface area contributed by atoms with Crippen LogP contribution in [0.1, 0.15) is 44.0 Å². The Morgan fingerprint density at radius 1 is 1.12 bits per heavy atom. The van der Waals surface area contributed by atoms with Crippen molar-refractivity contribution in [3.63, 3.8) is 0 Å². The standard InChI is InChI=1S/C25H31FN4O3S/c1-2-15-30-23-10-9-20(34(32,33)29-16-5-6-17-29)18-22(23)28-24(30)11-12-25(31)27-14-13-19-7-3-4-8-21(19)26/h3-4,7-10,18H,2,5-6,11-17H2,1H3,(H,27,31). The number of halogens is 1. The number of amides is 1. The first-order valence-corrected chi connectivity index (χ1v) is 13.3. The van der Waals surface area contributed by atoms with E-state index in [1.54, 1.807) is 30.3 Å². The molecule has 182 valence electrons. The molecule has 0 bridgehead atoms. The van der Waals surface area contributed by atoms with Crippen molar-refractivity contribution in [1.29, 1.82) is 0 Å². The molecular formula is C25H31FN4O3S. The average Bonchev–Trinajstić information content (AvgIpc) is 3.48. The van der Waals surface area contributed by atoms with Gasteiger partial charge in [0.2, 0.25) is 15.9 Å². The highest BCUT2D eigenvalue weighted by molar-refractivity contribution is 7.89. The highest BCUT2D eigenvalue weighted by Gasteiger charge is 2.27. The number of nitrogens with one attached hydrogen (secondary N) is 1. The lowest BCUT2D eigenvalue weighted by atomic mass is 10.1. The van der Waals surface area contributed by atoms with Crippen LogP contribution in [0.3, 0.4) is 0 Å². The molecule has 2 aromatic carbocycles. The molecule has 0 spiro atoms. The van der Waals surface area contributed by atoms with Crippen molar-refractivity contribution >= 4 is 27.0 Å². The van der Waals surface area contributed by atoms with Crippen LogP contribution >= 0.6 is 0 Å². The zero-order valence-electron chi connectivity index (χ0n) is 19.5. The molecule has 0 aliphatic carbocycles. The van der Waals surface area contributed by atoms with Crippen molar-refractivity contribution in [2.75, 3.05) is 19.6 Å². The van der Waals surface area contributed by atoms with Crippen LogP contribution in [-0.4, -0.2) is 47.8 Å². The number of benzene rings is 2. The van der Waals surface area contributed by atoms with Gasteiger partial charge in [-0.1, -0.05) is 25.1 Å². The second kappa shape index (κ2) is 10.7. The zero-order chi connectivity index (χ0) is 24.1. The highest BCUT2D eigenvalue weighted by atomic mass is 32.2. The smallest absolute Gasteiger partial charge is 0.243 e. The molecule has 1 N–H and O–H groups in total. The average molecular weight is 487 g/mol. The minimum absolute atomic E-state index is 0.122. The van der Waals surface area contributed by atoms with E-state index in [-0.39, 0.29) is 23.0 Å². The summed E-state index contributed by atoms with van der Waals surface area (Å²) in [7, 11) is -3.51. The molecule has 0 unspecified atom stereocenters. The first kappa shape index (κ1) is 24.3. The van der Waals surface area contributed by atoms with Crippen molar-refractivity contribution in [1.82, 2.24) is 19.2 Å². The van der Waals surface area contributed by atoms with Gasteiger partial charge >= 0.3 is 0 Å². The van der Waals surface area contributed by atoms with Crippen LogP contribution in [-0.2, 0) is 34.2 Å². The summed E-state index contributed by atoms with van der Waals surface area (Å²) in [5.41, 5.74) is 2.08. The monoisotopic (exact) mass is 486 g/mol. The lowest BCUT2D eigenvalue weighted by Gasteiger charge is -2.15. The molecule has 1 aromatic heterocycles. The van der Waals surface area contributed by atoms with Crippen LogP contribution in [0.15, 0.2) is 47.4 Å². The molecule has 7 nitrogen and oxygen atoms in total. The second-order valence-electron chi connectivity index (χ2n) is 8.63. The highest BCUT2D eigenvalue weighted by Crippen LogP contribution is 2.25. The van der Waals surface area contributed by atoms with Crippen molar-refractivity contribution < 1.29 is 17.6 Å². The van der Waals surface area contributed by atoms with Gasteiger partial charge in [0.25, 0.3) is 0 Å². The maximum Gasteiger partial charge on any atom is 0.243 e. The third kappa shape index (κ3) is 5.31. The molecule has 0 saturated carbocycles. The summed E-state index contributed by atoms with van der Waals surface area (Å²) in [6.07, 6.45) is 3.79. The molecule has 2 heterocycles. The number of aryl methyl sites for hydroxylation is 2. The summed E-state index contributed by atoms with van der Waals surface area (Å²) in [4.78, 5) is 17.3. The Morgan fingerprint density at radius 3 is 2.62 bits per heavy atom.